The second-order valence-electron chi connectivity index (χ2n) is 4.86. The molecule has 2 heterocycles. The predicted molar refractivity (Wildman–Crippen MR) is 58.9 cm³/mol. The third-order valence-electron chi connectivity index (χ3n) is 3.24. The molecule has 0 aromatic heterocycles. The maximum atomic E-state index is 11.8. The molecule has 2 saturated heterocycles. The number of nitrogens with zero attached hydrogens (tertiary/aromatic N) is 1. The van der Waals surface area contributed by atoms with E-state index >= 15 is 0 Å². The maximum Gasteiger partial charge on any atom is 0.327 e. The molecule has 90 valence electrons. The number of carboxylic acids is 1. The summed E-state index contributed by atoms with van der Waals surface area (Å²) in [5, 5.41) is 18.4. The number of β-lactam (4-membered cyclic amide) rings is 1. The molecular weight excluding hydrogens is 230 g/mol. The number of aliphatic carboxylic acids is 1. The van der Waals surface area contributed by atoms with Crippen LogP contribution in [0.2, 0.25) is 0 Å². The van der Waals surface area contributed by atoms with Crippen molar-refractivity contribution in [2.45, 2.75) is 43.0 Å². The van der Waals surface area contributed by atoms with Gasteiger partial charge in [-0.05, 0) is 20.8 Å². The van der Waals surface area contributed by atoms with Crippen molar-refractivity contribution in [3.05, 3.63) is 0 Å². The van der Waals surface area contributed by atoms with E-state index in [1.165, 1.54) is 16.7 Å². The van der Waals surface area contributed by atoms with Gasteiger partial charge in [0.2, 0.25) is 5.91 Å². The van der Waals surface area contributed by atoms with Crippen LogP contribution in [-0.4, -0.2) is 49.3 Å². The van der Waals surface area contributed by atoms with Crippen molar-refractivity contribution < 1.29 is 19.8 Å². The van der Waals surface area contributed by atoms with Crippen LogP contribution in [-0.2, 0) is 9.59 Å². The Morgan fingerprint density at radius 2 is 2.12 bits per heavy atom. The smallest absolute Gasteiger partial charge is 0.327 e. The minimum Gasteiger partial charge on any atom is -0.480 e. The largest absolute Gasteiger partial charge is 0.480 e. The summed E-state index contributed by atoms with van der Waals surface area (Å²) in [6.07, 6.45) is -0.718. The first-order valence-corrected chi connectivity index (χ1v) is 6.06. The molecule has 16 heavy (non-hydrogen) atoms. The molecule has 0 aromatic rings. The zero-order valence-corrected chi connectivity index (χ0v) is 10.2. The maximum absolute atomic E-state index is 11.8. The first-order chi connectivity index (χ1) is 7.27. The molecule has 2 aliphatic heterocycles. The average Bonchev–Trinajstić information content (AvgIpc) is 2.33. The van der Waals surface area contributed by atoms with Gasteiger partial charge in [0.05, 0.1) is 17.4 Å². The van der Waals surface area contributed by atoms with Crippen LogP contribution in [0.25, 0.3) is 0 Å². The van der Waals surface area contributed by atoms with Gasteiger partial charge in [-0.1, -0.05) is 0 Å². The molecule has 0 aliphatic carbocycles. The number of carboxylic acid groups (broad SMARTS) is 1. The minimum atomic E-state index is -0.975. The molecule has 1 amide bonds. The van der Waals surface area contributed by atoms with Gasteiger partial charge in [-0.3, -0.25) is 4.79 Å². The average molecular weight is 245 g/mol. The number of rotatable bonds is 2. The topological polar surface area (TPSA) is 77.8 Å². The van der Waals surface area contributed by atoms with E-state index in [4.69, 9.17) is 5.11 Å². The van der Waals surface area contributed by atoms with Gasteiger partial charge in [0.25, 0.3) is 0 Å². The summed E-state index contributed by atoms with van der Waals surface area (Å²) in [7, 11) is 0. The van der Waals surface area contributed by atoms with Gasteiger partial charge >= 0.3 is 5.97 Å². The highest BCUT2D eigenvalue weighted by atomic mass is 32.2. The molecule has 2 aliphatic rings. The minimum absolute atomic E-state index is 0.191. The molecule has 2 rings (SSSR count). The Labute approximate surface area is 97.8 Å². The van der Waals surface area contributed by atoms with E-state index in [-0.39, 0.29) is 11.3 Å². The van der Waals surface area contributed by atoms with Crippen LogP contribution in [0.4, 0.5) is 0 Å². The van der Waals surface area contributed by atoms with Gasteiger partial charge in [-0.25, -0.2) is 4.79 Å². The van der Waals surface area contributed by atoms with Gasteiger partial charge in [-0.15, -0.1) is 11.8 Å². The van der Waals surface area contributed by atoms with Crippen molar-refractivity contribution >= 4 is 23.6 Å². The number of carbonyl (C=O) groups excluding carboxylic acids is 1. The number of hydrogen-bond acceptors (Lipinski definition) is 4. The molecule has 0 aromatic carbocycles. The van der Waals surface area contributed by atoms with E-state index in [9.17, 15) is 14.7 Å². The fraction of sp³-hybridized carbons (Fsp3) is 0.800. The van der Waals surface area contributed by atoms with E-state index in [1.807, 2.05) is 13.8 Å². The summed E-state index contributed by atoms with van der Waals surface area (Å²) < 4.78 is -0.504. The van der Waals surface area contributed by atoms with E-state index < -0.39 is 28.8 Å². The lowest BCUT2D eigenvalue weighted by atomic mass is 9.88. The van der Waals surface area contributed by atoms with Crippen LogP contribution in [0.1, 0.15) is 20.8 Å². The molecule has 2 fully saturated rings. The van der Waals surface area contributed by atoms with Gasteiger partial charge < -0.3 is 15.1 Å². The molecule has 0 saturated carbocycles. The molecule has 0 spiro atoms. The van der Waals surface area contributed by atoms with Gasteiger partial charge in [0.15, 0.2) is 0 Å². The Bertz CT molecular complexity index is 355. The molecule has 6 heteroatoms. The Kier molecular flexibility index (Phi) is 2.47. The Morgan fingerprint density at radius 1 is 1.56 bits per heavy atom. The zero-order chi connectivity index (χ0) is 12.2. The van der Waals surface area contributed by atoms with Crippen LogP contribution in [0.15, 0.2) is 0 Å². The molecule has 0 unspecified atom stereocenters. The predicted octanol–water partition coefficient (Wildman–Crippen LogP) is 0.130. The van der Waals surface area contributed by atoms with E-state index in [2.05, 4.69) is 0 Å². The first kappa shape index (κ1) is 11.7. The number of fused-ring (bicyclic) bond motifs is 1. The summed E-state index contributed by atoms with van der Waals surface area (Å²) >= 11 is 1.46. The fourth-order valence-electron chi connectivity index (χ4n) is 2.49. The van der Waals surface area contributed by atoms with Crippen LogP contribution in [0.3, 0.4) is 0 Å². The van der Waals surface area contributed by atoms with Crippen molar-refractivity contribution in [2.24, 2.45) is 5.92 Å². The summed E-state index contributed by atoms with van der Waals surface area (Å²) in [6.45, 7) is 5.21. The quantitative estimate of drug-likeness (QED) is 0.676. The van der Waals surface area contributed by atoms with Crippen molar-refractivity contribution in [3.63, 3.8) is 0 Å². The number of carbonyl (C=O) groups is 2. The van der Waals surface area contributed by atoms with E-state index in [0.29, 0.717) is 0 Å². The molecular formula is C10H15NO4S. The number of hydrogen-bond donors (Lipinski definition) is 2. The zero-order valence-electron chi connectivity index (χ0n) is 9.38. The van der Waals surface area contributed by atoms with E-state index in [0.717, 1.165) is 0 Å². The SMILES string of the molecule is C[C@@H](O)[C@H]1C(=O)N2[C@@H]1SC(C)(C)[C@@H]2C(=O)O. The third kappa shape index (κ3) is 1.36. The third-order valence-corrected chi connectivity index (χ3v) is 4.83. The summed E-state index contributed by atoms with van der Waals surface area (Å²) in [6, 6.07) is -0.787. The number of thioether (sulfide) groups is 1. The number of aliphatic hydroxyl groups is 1. The second kappa shape index (κ2) is 3.37. The molecule has 0 bridgehead atoms. The van der Waals surface area contributed by atoms with Crippen molar-refractivity contribution in [3.8, 4) is 0 Å². The first-order valence-electron chi connectivity index (χ1n) is 5.18. The Balaban J connectivity index is 2.28. The lowest BCUT2D eigenvalue weighted by Crippen LogP contribution is -2.65. The highest BCUT2D eigenvalue weighted by Crippen LogP contribution is 2.53. The lowest BCUT2D eigenvalue weighted by Gasteiger charge is -2.44. The highest BCUT2D eigenvalue weighted by molar-refractivity contribution is 8.01. The van der Waals surface area contributed by atoms with Crippen LogP contribution >= 0.6 is 11.8 Å². The summed E-state index contributed by atoms with van der Waals surface area (Å²) in [4.78, 5) is 24.3. The lowest BCUT2D eigenvalue weighted by molar-refractivity contribution is -0.168. The summed E-state index contributed by atoms with van der Waals surface area (Å²) in [5.74, 6) is -1.67. The van der Waals surface area contributed by atoms with Crippen molar-refractivity contribution in [1.82, 2.24) is 4.90 Å². The molecule has 5 nitrogen and oxygen atoms in total. The van der Waals surface area contributed by atoms with Gasteiger partial charge in [0, 0.05) is 4.75 Å². The van der Waals surface area contributed by atoms with Crippen molar-refractivity contribution in [2.75, 3.05) is 0 Å². The summed E-state index contributed by atoms with van der Waals surface area (Å²) in [5.41, 5.74) is 0. The normalized spacial score (nSPS) is 37.9. The second-order valence-corrected chi connectivity index (χ2v) is 6.64. The van der Waals surface area contributed by atoms with E-state index in [1.54, 1.807) is 6.92 Å². The molecule has 2 N–H and O–H groups in total. The molecule has 4 atom stereocenters. The monoisotopic (exact) mass is 245 g/mol. The fourth-order valence-corrected chi connectivity index (χ4v) is 4.28. The van der Waals surface area contributed by atoms with Gasteiger partial charge in [0.1, 0.15) is 6.04 Å². The van der Waals surface area contributed by atoms with Crippen LogP contribution in [0.5, 0.6) is 0 Å². The number of amides is 1. The van der Waals surface area contributed by atoms with Crippen LogP contribution in [0, 0.1) is 5.92 Å². The van der Waals surface area contributed by atoms with Crippen molar-refractivity contribution in [1.29, 1.82) is 0 Å². The Morgan fingerprint density at radius 3 is 2.56 bits per heavy atom. The Hall–Kier alpha value is -0.750. The number of aliphatic hydroxyl groups excluding tert-OH is 1. The standard InChI is InChI=1S/C10H15NO4S/c1-4(12)5-7(13)11-6(9(14)15)10(2,3)16-8(5)11/h4-6,8,12H,1-3H3,(H,14,15)/t4-,5+,6+,8-/m1/s1. The highest BCUT2D eigenvalue weighted by Gasteiger charge is 2.64. The molecule has 0 radical (unpaired) electrons. The van der Waals surface area contributed by atoms with Gasteiger partial charge in [-0.2, -0.15) is 0 Å². The van der Waals surface area contributed by atoms with Crippen LogP contribution < -0.4 is 0 Å².